The highest BCUT2D eigenvalue weighted by Crippen LogP contribution is 2.34. The van der Waals surface area contributed by atoms with E-state index in [1.807, 2.05) is 13.8 Å². The Bertz CT molecular complexity index is 567. The molecule has 1 aromatic rings. The zero-order valence-corrected chi connectivity index (χ0v) is 12.1. The smallest absolute Gasteiger partial charge is 0.212 e. The number of ether oxygens (including phenoxy) is 2. The van der Waals surface area contributed by atoms with Crippen LogP contribution in [0.4, 0.5) is 0 Å². The molecule has 0 radical (unpaired) electrons. The minimum absolute atomic E-state index is 0.133. The molecule has 0 N–H and O–H groups in total. The van der Waals surface area contributed by atoms with Crippen LogP contribution < -0.4 is 4.74 Å². The molecule has 2 rings (SSSR count). The number of ketones is 2. The molecule has 20 heavy (non-hydrogen) atoms. The highest BCUT2D eigenvalue weighted by atomic mass is 16.5. The van der Waals surface area contributed by atoms with Crippen LogP contribution in [0.3, 0.4) is 0 Å². The van der Waals surface area contributed by atoms with Gasteiger partial charge in [-0.3, -0.25) is 9.59 Å². The minimum atomic E-state index is -0.783. The lowest BCUT2D eigenvalue weighted by Gasteiger charge is -2.12. The second-order valence-electron chi connectivity index (χ2n) is 5.06. The van der Waals surface area contributed by atoms with Gasteiger partial charge in [0, 0.05) is 5.57 Å². The molecule has 1 atom stereocenters. The predicted molar refractivity (Wildman–Crippen MR) is 74.7 cm³/mol. The zero-order valence-electron chi connectivity index (χ0n) is 12.1. The fraction of sp³-hybridized carbons (Fsp3) is 0.375. The Morgan fingerprint density at radius 3 is 2.15 bits per heavy atom. The average molecular weight is 274 g/mol. The van der Waals surface area contributed by atoms with Crippen molar-refractivity contribution in [3.63, 3.8) is 0 Å². The Morgan fingerprint density at radius 2 is 1.65 bits per heavy atom. The second kappa shape index (κ2) is 5.49. The molecule has 106 valence electrons. The molecule has 0 spiro atoms. The van der Waals surface area contributed by atoms with Crippen molar-refractivity contribution in [1.82, 2.24) is 0 Å². The van der Waals surface area contributed by atoms with Gasteiger partial charge in [0.2, 0.25) is 5.78 Å². The molecule has 0 fully saturated rings. The average Bonchev–Trinajstić information content (AvgIpc) is 2.63. The van der Waals surface area contributed by atoms with Gasteiger partial charge in [-0.1, -0.05) is 12.1 Å². The molecule has 1 unspecified atom stereocenters. The Morgan fingerprint density at radius 1 is 1.05 bits per heavy atom. The predicted octanol–water partition coefficient (Wildman–Crippen LogP) is 2.63. The molecule has 0 heterocycles. The molecule has 0 aliphatic heterocycles. The number of hydrogen-bond acceptors (Lipinski definition) is 4. The summed E-state index contributed by atoms with van der Waals surface area (Å²) >= 11 is 0. The van der Waals surface area contributed by atoms with Crippen LogP contribution in [0, 0.1) is 0 Å². The van der Waals surface area contributed by atoms with E-state index in [4.69, 9.17) is 9.47 Å². The maximum atomic E-state index is 12.4. The quantitative estimate of drug-likeness (QED) is 0.792. The van der Waals surface area contributed by atoms with E-state index in [1.54, 1.807) is 38.3 Å². The maximum absolute atomic E-state index is 12.4. The van der Waals surface area contributed by atoms with Gasteiger partial charge in [0.1, 0.15) is 11.7 Å². The van der Waals surface area contributed by atoms with Gasteiger partial charge >= 0.3 is 0 Å². The molecular formula is C16H18O4. The van der Waals surface area contributed by atoms with Crippen LogP contribution in [0.5, 0.6) is 5.75 Å². The molecule has 0 amide bonds. The molecule has 4 nitrogen and oxygen atoms in total. The zero-order chi connectivity index (χ0) is 14.9. The van der Waals surface area contributed by atoms with E-state index in [1.165, 1.54) is 0 Å². The van der Waals surface area contributed by atoms with Crippen molar-refractivity contribution in [2.45, 2.75) is 32.8 Å². The first-order chi connectivity index (χ1) is 9.45. The van der Waals surface area contributed by atoms with Crippen LogP contribution in [0.1, 0.15) is 32.3 Å². The van der Waals surface area contributed by atoms with Gasteiger partial charge in [-0.15, -0.1) is 0 Å². The summed E-state index contributed by atoms with van der Waals surface area (Å²) in [6.07, 6.45) is -0.133. The summed E-state index contributed by atoms with van der Waals surface area (Å²) in [5.41, 5.74) is 1.08. The lowest BCUT2D eigenvalue weighted by Crippen LogP contribution is -2.17. The van der Waals surface area contributed by atoms with Gasteiger partial charge in [0.15, 0.2) is 11.5 Å². The number of Topliss-reactive ketones (excluding diaryl/α,β-unsaturated/α-hetero) is 2. The first kappa shape index (κ1) is 14.3. The topological polar surface area (TPSA) is 52.6 Å². The number of hydrogen-bond donors (Lipinski definition) is 0. The standard InChI is InChI=1S/C16H18O4/c1-9(2)20-16-10(3)14(17)13(15(16)18)11-5-7-12(19-4)8-6-11/h5-9,13H,1-4H3. The van der Waals surface area contributed by atoms with E-state index in [2.05, 4.69) is 0 Å². The SMILES string of the molecule is COc1ccc(C2C(=O)C(C)=C(OC(C)C)C2=O)cc1. The number of benzene rings is 1. The van der Waals surface area contributed by atoms with Gasteiger partial charge < -0.3 is 9.47 Å². The third kappa shape index (κ3) is 2.46. The highest BCUT2D eigenvalue weighted by Gasteiger charge is 2.41. The van der Waals surface area contributed by atoms with Gasteiger partial charge in [-0.2, -0.15) is 0 Å². The van der Waals surface area contributed by atoms with Gasteiger partial charge in [-0.05, 0) is 38.5 Å². The minimum Gasteiger partial charge on any atom is -0.497 e. The fourth-order valence-corrected chi connectivity index (χ4v) is 2.24. The van der Waals surface area contributed by atoms with Crippen molar-refractivity contribution in [3.8, 4) is 5.75 Å². The van der Waals surface area contributed by atoms with Crippen LogP contribution in [0.15, 0.2) is 35.6 Å². The number of carbonyl (C=O) groups is 2. The monoisotopic (exact) mass is 274 g/mol. The van der Waals surface area contributed by atoms with Crippen LogP contribution in [-0.2, 0) is 14.3 Å². The van der Waals surface area contributed by atoms with E-state index in [9.17, 15) is 9.59 Å². The molecule has 0 saturated heterocycles. The summed E-state index contributed by atoms with van der Waals surface area (Å²) in [4.78, 5) is 24.7. The lowest BCUT2D eigenvalue weighted by molar-refractivity contribution is -0.124. The highest BCUT2D eigenvalue weighted by molar-refractivity contribution is 6.26. The first-order valence-electron chi connectivity index (χ1n) is 6.55. The number of allylic oxidation sites excluding steroid dienone is 2. The Kier molecular flexibility index (Phi) is 3.93. The molecule has 0 bridgehead atoms. The van der Waals surface area contributed by atoms with E-state index < -0.39 is 5.92 Å². The second-order valence-corrected chi connectivity index (χ2v) is 5.06. The van der Waals surface area contributed by atoms with Gasteiger partial charge in [-0.25, -0.2) is 0 Å². The van der Waals surface area contributed by atoms with Crippen LogP contribution >= 0.6 is 0 Å². The van der Waals surface area contributed by atoms with E-state index in [0.29, 0.717) is 16.9 Å². The van der Waals surface area contributed by atoms with Crippen molar-refractivity contribution >= 4 is 11.6 Å². The summed E-state index contributed by atoms with van der Waals surface area (Å²) in [7, 11) is 1.57. The molecule has 1 aliphatic rings. The summed E-state index contributed by atoms with van der Waals surface area (Å²) < 4.78 is 10.6. The third-order valence-corrected chi connectivity index (χ3v) is 3.26. The molecule has 1 aromatic carbocycles. The molecule has 4 heteroatoms. The van der Waals surface area contributed by atoms with Crippen molar-refractivity contribution in [3.05, 3.63) is 41.2 Å². The molecule has 0 aromatic heterocycles. The summed E-state index contributed by atoms with van der Waals surface area (Å²) in [5, 5.41) is 0. The number of carbonyl (C=O) groups excluding carboxylic acids is 2. The van der Waals surface area contributed by atoms with Gasteiger partial charge in [0.25, 0.3) is 0 Å². The lowest BCUT2D eigenvalue weighted by atomic mass is 9.94. The summed E-state index contributed by atoms with van der Waals surface area (Å²) in [6, 6.07) is 6.97. The Labute approximate surface area is 118 Å². The van der Waals surface area contributed by atoms with Crippen molar-refractivity contribution in [1.29, 1.82) is 0 Å². The first-order valence-corrected chi connectivity index (χ1v) is 6.55. The van der Waals surface area contributed by atoms with Gasteiger partial charge in [0.05, 0.1) is 13.2 Å². The molecule has 1 aliphatic carbocycles. The summed E-state index contributed by atoms with van der Waals surface area (Å²) in [5.74, 6) is -0.336. The molecule has 0 saturated carbocycles. The number of rotatable bonds is 4. The largest absolute Gasteiger partial charge is 0.497 e. The van der Waals surface area contributed by atoms with Crippen LogP contribution in [-0.4, -0.2) is 24.8 Å². The van der Waals surface area contributed by atoms with Crippen LogP contribution in [0.2, 0.25) is 0 Å². The Hall–Kier alpha value is -2.10. The number of methoxy groups -OCH3 is 1. The van der Waals surface area contributed by atoms with Crippen molar-refractivity contribution < 1.29 is 19.1 Å². The normalized spacial score (nSPS) is 18.9. The third-order valence-electron chi connectivity index (χ3n) is 3.26. The van der Waals surface area contributed by atoms with E-state index in [-0.39, 0.29) is 23.4 Å². The van der Waals surface area contributed by atoms with Crippen molar-refractivity contribution in [2.24, 2.45) is 0 Å². The van der Waals surface area contributed by atoms with E-state index in [0.717, 1.165) is 0 Å². The summed E-state index contributed by atoms with van der Waals surface area (Å²) in [6.45, 7) is 5.30. The maximum Gasteiger partial charge on any atom is 0.212 e. The molecular weight excluding hydrogens is 256 g/mol. The van der Waals surface area contributed by atoms with Crippen LogP contribution in [0.25, 0.3) is 0 Å². The van der Waals surface area contributed by atoms with E-state index >= 15 is 0 Å². The Balaban J connectivity index is 2.31. The van der Waals surface area contributed by atoms with Crippen molar-refractivity contribution in [2.75, 3.05) is 7.11 Å². The fourth-order valence-electron chi connectivity index (χ4n) is 2.24.